The van der Waals surface area contributed by atoms with Gasteiger partial charge in [-0.05, 0) is 36.1 Å². The second-order valence-corrected chi connectivity index (χ2v) is 6.81. The van der Waals surface area contributed by atoms with Gasteiger partial charge in [-0.25, -0.2) is 0 Å². The number of aryl methyl sites for hydroxylation is 1. The molecule has 2 aromatic rings. The highest BCUT2D eigenvalue weighted by Gasteiger charge is 2.16. The lowest BCUT2D eigenvalue weighted by Gasteiger charge is -2.34. The maximum atomic E-state index is 5.90. The average Bonchev–Trinajstić information content (AvgIpc) is 2.67. The van der Waals surface area contributed by atoms with E-state index in [4.69, 9.17) is 4.74 Å². The minimum absolute atomic E-state index is 0.803. The number of nitrogens with zero attached hydrogens (tertiary/aromatic N) is 2. The summed E-state index contributed by atoms with van der Waals surface area (Å²) in [5, 5.41) is 0. The zero-order chi connectivity index (χ0) is 17.3. The van der Waals surface area contributed by atoms with Crippen LogP contribution < -0.4 is 4.74 Å². The number of ether oxygens (including phenoxy) is 1. The second-order valence-electron chi connectivity index (χ2n) is 6.81. The van der Waals surface area contributed by atoms with Crippen LogP contribution in [0, 0.1) is 0 Å². The van der Waals surface area contributed by atoms with E-state index in [0.29, 0.717) is 0 Å². The number of hydrogen-bond donors (Lipinski definition) is 0. The van der Waals surface area contributed by atoms with Crippen molar-refractivity contribution in [1.82, 2.24) is 9.80 Å². The SMILES string of the molecule is CCc1cccc(OCCCN2CCN(Cc3ccccc3)CC2)c1. The highest BCUT2D eigenvalue weighted by atomic mass is 16.5. The van der Waals surface area contributed by atoms with Crippen LogP contribution in [0.1, 0.15) is 24.5 Å². The van der Waals surface area contributed by atoms with Crippen LogP contribution >= 0.6 is 0 Å². The van der Waals surface area contributed by atoms with Crippen molar-refractivity contribution in [3.8, 4) is 5.75 Å². The predicted octanol–water partition coefficient (Wildman–Crippen LogP) is 3.84. The van der Waals surface area contributed by atoms with Crippen LogP contribution in [-0.2, 0) is 13.0 Å². The summed E-state index contributed by atoms with van der Waals surface area (Å²) < 4.78 is 5.90. The summed E-state index contributed by atoms with van der Waals surface area (Å²) in [7, 11) is 0. The molecule has 0 bridgehead atoms. The fraction of sp³-hybridized carbons (Fsp3) is 0.455. The first-order valence-corrected chi connectivity index (χ1v) is 9.54. The van der Waals surface area contributed by atoms with Crippen LogP contribution in [0.2, 0.25) is 0 Å². The van der Waals surface area contributed by atoms with Crippen LogP contribution in [0.15, 0.2) is 54.6 Å². The minimum Gasteiger partial charge on any atom is -0.494 e. The lowest BCUT2D eigenvalue weighted by atomic mass is 10.2. The van der Waals surface area contributed by atoms with Gasteiger partial charge in [0.05, 0.1) is 6.61 Å². The first-order valence-electron chi connectivity index (χ1n) is 9.54. The Morgan fingerprint density at radius 2 is 1.56 bits per heavy atom. The van der Waals surface area contributed by atoms with Gasteiger partial charge in [-0.1, -0.05) is 49.4 Å². The zero-order valence-corrected chi connectivity index (χ0v) is 15.4. The molecular weight excluding hydrogens is 308 g/mol. The van der Waals surface area contributed by atoms with E-state index in [1.165, 1.54) is 11.1 Å². The van der Waals surface area contributed by atoms with E-state index in [1.807, 2.05) is 0 Å². The number of benzene rings is 2. The first-order chi connectivity index (χ1) is 12.3. The van der Waals surface area contributed by atoms with E-state index in [-0.39, 0.29) is 0 Å². The summed E-state index contributed by atoms with van der Waals surface area (Å²) in [6.07, 6.45) is 2.15. The molecule has 0 spiro atoms. The topological polar surface area (TPSA) is 15.7 Å². The molecule has 25 heavy (non-hydrogen) atoms. The molecule has 1 fully saturated rings. The van der Waals surface area contributed by atoms with Gasteiger partial charge in [-0.3, -0.25) is 4.90 Å². The van der Waals surface area contributed by atoms with Crippen LogP contribution in [0.5, 0.6) is 5.75 Å². The van der Waals surface area contributed by atoms with Crippen molar-refractivity contribution in [2.75, 3.05) is 39.3 Å². The van der Waals surface area contributed by atoms with E-state index in [1.54, 1.807) is 0 Å². The molecule has 1 saturated heterocycles. The standard InChI is InChI=1S/C22H30N2O/c1-2-20-10-6-11-22(18-20)25-17-7-12-23-13-15-24(16-14-23)19-21-8-4-3-5-9-21/h3-6,8-11,18H,2,7,12-17,19H2,1H3. The molecule has 0 saturated carbocycles. The smallest absolute Gasteiger partial charge is 0.119 e. The first kappa shape index (κ1) is 18.0. The molecule has 3 nitrogen and oxygen atoms in total. The van der Waals surface area contributed by atoms with Gasteiger partial charge >= 0.3 is 0 Å². The maximum Gasteiger partial charge on any atom is 0.119 e. The number of piperazine rings is 1. The lowest BCUT2D eigenvalue weighted by Crippen LogP contribution is -2.46. The minimum atomic E-state index is 0.803. The van der Waals surface area contributed by atoms with Gasteiger partial charge in [0.2, 0.25) is 0 Å². The summed E-state index contributed by atoms with van der Waals surface area (Å²) in [6.45, 7) is 9.84. The summed E-state index contributed by atoms with van der Waals surface area (Å²) in [5.41, 5.74) is 2.76. The molecule has 0 aliphatic carbocycles. The van der Waals surface area contributed by atoms with Gasteiger partial charge in [-0.2, -0.15) is 0 Å². The maximum absolute atomic E-state index is 5.90. The molecule has 2 aromatic carbocycles. The van der Waals surface area contributed by atoms with Gasteiger partial charge in [0.1, 0.15) is 5.75 Å². The molecule has 0 radical (unpaired) electrons. The Kier molecular flexibility index (Phi) is 6.89. The van der Waals surface area contributed by atoms with Gasteiger partial charge in [0, 0.05) is 39.3 Å². The van der Waals surface area contributed by atoms with E-state index in [9.17, 15) is 0 Å². The van der Waals surface area contributed by atoms with Crippen LogP contribution in [0.3, 0.4) is 0 Å². The third-order valence-corrected chi connectivity index (χ3v) is 4.91. The molecule has 1 aliphatic heterocycles. The van der Waals surface area contributed by atoms with Crippen molar-refractivity contribution in [3.05, 3.63) is 65.7 Å². The fourth-order valence-corrected chi connectivity index (χ4v) is 3.35. The Bertz CT molecular complexity index is 621. The highest BCUT2D eigenvalue weighted by Crippen LogP contribution is 2.14. The van der Waals surface area contributed by atoms with Crippen LogP contribution in [-0.4, -0.2) is 49.1 Å². The van der Waals surface area contributed by atoms with Crippen molar-refractivity contribution in [2.45, 2.75) is 26.3 Å². The fourth-order valence-electron chi connectivity index (χ4n) is 3.35. The summed E-state index contributed by atoms with van der Waals surface area (Å²) >= 11 is 0. The molecule has 3 heteroatoms. The Balaban J connectivity index is 1.31. The van der Waals surface area contributed by atoms with E-state index in [0.717, 1.165) is 64.5 Å². The molecule has 0 N–H and O–H groups in total. The van der Waals surface area contributed by atoms with E-state index < -0.39 is 0 Å². The molecular formula is C22H30N2O. The summed E-state index contributed by atoms with van der Waals surface area (Å²) in [6, 6.07) is 19.2. The highest BCUT2D eigenvalue weighted by molar-refractivity contribution is 5.28. The zero-order valence-electron chi connectivity index (χ0n) is 15.4. The largest absolute Gasteiger partial charge is 0.494 e. The second kappa shape index (κ2) is 9.59. The summed E-state index contributed by atoms with van der Waals surface area (Å²) in [4.78, 5) is 5.12. The normalized spacial score (nSPS) is 16.0. The van der Waals surface area contributed by atoms with Crippen molar-refractivity contribution < 1.29 is 4.74 Å². The van der Waals surface area contributed by atoms with Gasteiger partial charge in [-0.15, -0.1) is 0 Å². The van der Waals surface area contributed by atoms with E-state index in [2.05, 4.69) is 71.3 Å². The molecule has 0 aromatic heterocycles. The number of rotatable bonds is 8. The van der Waals surface area contributed by atoms with Crippen molar-refractivity contribution in [1.29, 1.82) is 0 Å². The molecule has 1 heterocycles. The Morgan fingerprint density at radius 3 is 2.32 bits per heavy atom. The van der Waals surface area contributed by atoms with Gasteiger partial charge in [0.25, 0.3) is 0 Å². The molecule has 1 aliphatic rings. The predicted molar refractivity (Wildman–Crippen MR) is 104 cm³/mol. The van der Waals surface area contributed by atoms with Crippen molar-refractivity contribution in [3.63, 3.8) is 0 Å². The molecule has 3 rings (SSSR count). The third kappa shape index (κ3) is 5.87. The average molecular weight is 338 g/mol. The van der Waals surface area contributed by atoms with Crippen LogP contribution in [0.4, 0.5) is 0 Å². The van der Waals surface area contributed by atoms with Crippen LogP contribution in [0.25, 0.3) is 0 Å². The molecule has 0 amide bonds. The summed E-state index contributed by atoms with van der Waals surface area (Å²) in [5.74, 6) is 1.01. The van der Waals surface area contributed by atoms with E-state index >= 15 is 0 Å². The molecule has 0 atom stereocenters. The quantitative estimate of drug-likeness (QED) is 0.680. The third-order valence-electron chi connectivity index (χ3n) is 4.91. The van der Waals surface area contributed by atoms with Crippen molar-refractivity contribution >= 4 is 0 Å². The van der Waals surface area contributed by atoms with Gasteiger partial charge in [0.15, 0.2) is 0 Å². The van der Waals surface area contributed by atoms with Crippen molar-refractivity contribution in [2.24, 2.45) is 0 Å². The molecule has 0 unspecified atom stereocenters. The lowest BCUT2D eigenvalue weighted by molar-refractivity contribution is 0.121. The monoisotopic (exact) mass is 338 g/mol. The Labute approximate surface area is 152 Å². The Hall–Kier alpha value is -1.84. The Morgan fingerprint density at radius 1 is 0.840 bits per heavy atom. The number of hydrogen-bond acceptors (Lipinski definition) is 3. The molecule has 134 valence electrons. The van der Waals surface area contributed by atoms with Gasteiger partial charge < -0.3 is 9.64 Å².